The number of hydrogen-bond acceptors (Lipinski definition) is 4. The van der Waals surface area contributed by atoms with Gasteiger partial charge in [-0.1, -0.05) is 104 Å². The molecule has 0 aliphatic rings. The summed E-state index contributed by atoms with van der Waals surface area (Å²) in [6.07, 6.45) is 8.28. The van der Waals surface area contributed by atoms with Gasteiger partial charge in [0.15, 0.2) is 10.2 Å². The molecule has 0 aliphatic heterocycles. The van der Waals surface area contributed by atoms with Gasteiger partial charge in [0.25, 0.3) is 0 Å². The van der Waals surface area contributed by atoms with Crippen LogP contribution in [0.5, 0.6) is 0 Å². The van der Waals surface area contributed by atoms with E-state index in [4.69, 9.17) is 0 Å². The number of hydrogen-bond donors (Lipinski definition) is 0. The Balaban J connectivity index is 4.66. The van der Waals surface area contributed by atoms with Gasteiger partial charge in [-0.2, -0.15) is 0 Å². The van der Waals surface area contributed by atoms with Crippen LogP contribution >= 0.6 is 23.5 Å². The van der Waals surface area contributed by atoms with Gasteiger partial charge in [-0.15, -0.1) is 0 Å². The van der Waals surface area contributed by atoms with Gasteiger partial charge in [0.1, 0.15) is 0 Å². The first-order valence-corrected chi connectivity index (χ1v) is 10.8. The second-order valence-electron chi connectivity index (χ2n) is 8.40. The predicted molar refractivity (Wildman–Crippen MR) is 110 cm³/mol. The topological polar surface area (TPSA) is 34.1 Å². The molecule has 2 nitrogen and oxygen atoms in total. The Morgan fingerprint density at radius 3 is 1.79 bits per heavy atom. The molecule has 0 spiro atoms. The van der Waals surface area contributed by atoms with E-state index < -0.39 is 0 Å². The van der Waals surface area contributed by atoms with Gasteiger partial charge >= 0.3 is 0 Å². The van der Waals surface area contributed by atoms with Crippen molar-refractivity contribution in [2.75, 3.05) is 0 Å². The van der Waals surface area contributed by atoms with Crippen molar-refractivity contribution in [3.63, 3.8) is 0 Å². The van der Waals surface area contributed by atoms with Gasteiger partial charge in [0, 0.05) is 10.8 Å². The lowest BCUT2D eigenvalue weighted by atomic mass is 9.99. The third-order valence-electron chi connectivity index (χ3n) is 3.52. The van der Waals surface area contributed by atoms with Crippen molar-refractivity contribution in [1.29, 1.82) is 0 Å². The van der Waals surface area contributed by atoms with Gasteiger partial charge in [0.05, 0.1) is 0 Å². The number of carbonyl (C=O) groups is 2. The minimum absolute atomic E-state index is 0.145. The van der Waals surface area contributed by atoms with Crippen LogP contribution < -0.4 is 0 Å². The monoisotopic (exact) mass is 372 g/mol. The van der Waals surface area contributed by atoms with Gasteiger partial charge < -0.3 is 0 Å². The van der Waals surface area contributed by atoms with Gasteiger partial charge in [-0.3, -0.25) is 9.59 Å². The molecule has 0 saturated heterocycles. The number of carbonyl (C=O) groups excluding carboxylic acids is 2. The van der Waals surface area contributed by atoms with Crippen LogP contribution in [0, 0.1) is 10.8 Å². The van der Waals surface area contributed by atoms with Crippen LogP contribution in [0.2, 0.25) is 0 Å². The summed E-state index contributed by atoms with van der Waals surface area (Å²) in [7, 11) is 0. The molecule has 0 N–H and O–H groups in total. The summed E-state index contributed by atoms with van der Waals surface area (Å²) in [4.78, 5) is 25.5. The molecule has 0 fully saturated rings. The van der Waals surface area contributed by atoms with Crippen molar-refractivity contribution in [2.45, 2.75) is 93.4 Å². The molecule has 24 heavy (non-hydrogen) atoms. The molecular weight excluding hydrogens is 336 g/mol. The van der Waals surface area contributed by atoms with Crippen molar-refractivity contribution < 1.29 is 9.59 Å². The lowest BCUT2D eigenvalue weighted by Gasteiger charge is -2.18. The molecule has 0 amide bonds. The summed E-state index contributed by atoms with van der Waals surface area (Å²) in [6.45, 7) is 13.8. The van der Waals surface area contributed by atoms with Crippen LogP contribution in [-0.4, -0.2) is 10.2 Å². The molecule has 0 bridgehead atoms. The standard InChI is InChI=1S/C20H36O2S2/c1-8-9-10-11-12-13-14-16(24-18(22)20(5,6)7)15-23-17(21)19(2,3)4/h15H,8-14H2,1-7H3/b16-15-. The average molecular weight is 373 g/mol. The molecule has 0 radical (unpaired) electrons. The molecule has 0 rings (SSSR count). The van der Waals surface area contributed by atoms with E-state index >= 15 is 0 Å². The smallest absolute Gasteiger partial charge is 0.198 e. The minimum Gasteiger partial charge on any atom is -0.286 e. The zero-order valence-electron chi connectivity index (χ0n) is 16.7. The van der Waals surface area contributed by atoms with Crippen LogP contribution in [0.3, 0.4) is 0 Å². The van der Waals surface area contributed by atoms with Crippen molar-refractivity contribution in [1.82, 2.24) is 0 Å². The first-order valence-electron chi connectivity index (χ1n) is 9.11. The minimum atomic E-state index is -0.358. The van der Waals surface area contributed by atoms with Crippen LogP contribution in [0.1, 0.15) is 93.4 Å². The maximum absolute atomic E-state index is 12.3. The van der Waals surface area contributed by atoms with Crippen molar-refractivity contribution in [2.24, 2.45) is 10.8 Å². The summed E-state index contributed by atoms with van der Waals surface area (Å²) in [5.74, 6) is 0. The van der Waals surface area contributed by atoms with Crippen LogP contribution in [0.15, 0.2) is 10.3 Å². The summed E-state index contributed by atoms with van der Waals surface area (Å²) in [6, 6.07) is 0. The largest absolute Gasteiger partial charge is 0.286 e. The first kappa shape index (κ1) is 23.8. The molecular formula is C20H36O2S2. The van der Waals surface area contributed by atoms with E-state index in [1.807, 2.05) is 47.0 Å². The maximum atomic E-state index is 12.3. The normalized spacial score (nSPS) is 13.2. The van der Waals surface area contributed by atoms with Crippen LogP contribution in [-0.2, 0) is 9.59 Å². The lowest BCUT2D eigenvalue weighted by molar-refractivity contribution is -0.118. The van der Waals surface area contributed by atoms with E-state index in [0.29, 0.717) is 0 Å². The Bertz CT molecular complexity index is 426. The van der Waals surface area contributed by atoms with Gasteiger partial charge in [-0.25, -0.2) is 0 Å². The fourth-order valence-electron chi connectivity index (χ4n) is 1.78. The first-order chi connectivity index (χ1) is 11.0. The molecule has 0 aromatic heterocycles. The number of rotatable bonds is 9. The Hall–Kier alpha value is -0.220. The highest BCUT2D eigenvalue weighted by Gasteiger charge is 2.24. The molecule has 0 aromatic rings. The van der Waals surface area contributed by atoms with E-state index in [1.54, 1.807) is 0 Å². The van der Waals surface area contributed by atoms with E-state index in [1.165, 1.54) is 55.6 Å². The highest BCUT2D eigenvalue weighted by atomic mass is 32.2. The third kappa shape index (κ3) is 11.4. The third-order valence-corrected chi connectivity index (χ3v) is 6.28. The molecule has 4 heteroatoms. The Morgan fingerprint density at radius 1 is 0.792 bits per heavy atom. The van der Waals surface area contributed by atoms with Crippen molar-refractivity contribution in [3.05, 3.63) is 10.3 Å². The Labute approximate surface area is 158 Å². The van der Waals surface area contributed by atoms with E-state index in [2.05, 4.69) is 6.92 Å². The fraction of sp³-hybridized carbons (Fsp3) is 0.800. The summed E-state index contributed by atoms with van der Waals surface area (Å²) in [5, 5.41) is 2.23. The van der Waals surface area contributed by atoms with Crippen molar-refractivity contribution >= 4 is 33.8 Å². The second kappa shape index (κ2) is 11.4. The molecule has 140 valence electrons. The SMILES string of the molecule is CCCCCCCC/C(=C/SC(=O)C(C)(C)C)SC(=O)C(C)(C)C. The lowest BCUT2D eigenvalue weighted by Crippen LogP contribution is -2.17. The fourth-order valence-corrected chi connectivity index (χ4v) is 3.62. The van der Waals surface area contributed by atoms with Crippen LogP contribution in [0.4, 0.5) is 0 Å². The summed E-state index contributed by atoms with van der Waals surface area (Å²) < 4.78 is 0. The number of thioether (sulfide) groups is 2. The molecule has 0 unspecified atom stereocenters. The highest BCUT2D eigenvalue weighted by Crippen LogP contribution is 2.34. The molecule has 0 heterocycles. The zero-order chi connectivity index (χ0) is 18.8. The highest BCUT2D eigenvalue weighted by molar-refractivity contribution is 8.19. The van der Waals surface area contributed by atoms with E-state index in [0.717, 1.165) is 17.7 Å². The number of allylic oxidation sites excluding steroid dienone is 1. The summed E-state index contributed by atoms with van der Waals surface area (Å²) >= 11 is 2.56. The Kier molecular flexibility index (Phi) is 11.3. The van der Waals surface area contributed by atoms with Gasteiger partial charge in [0.2, 0.25) is 0 Å². The molecule has 0 saturated carbocycles. The van der Waals surface area contributed by atoms with Gasteiger partial charge in [-0.05, 0) is 23.2 Å². The number of unbranched alkanes of at least 4 members (excludes halogenated alkanes) is 5. The zero-order valence-corrected chi connectivity index (χ0v) is 18.3. The Morgan fingerprint density at radius 2 is 1.29 bits per heavy atom. The predicted octanol–water partition coefficient (Wildman–Crippen LogP) is 7.19. The maximum Gasteiger partial charge on any atom is 0.198 e. The van der Waals surface area contributed by atoms with Crippen LogP contribution in [0.25, 0.3) is 0 Å². The summed E-state index contributed by atoms with van der Waals surface area (Å²) in [5.41, 5.74) is -0.714. The second-order valence-corrected chi connectivity index (χ2v) is 10.3. The quantitative estimate of drug-likeness (QED) is 0.401. The molecule has 0 aliphatic carbocycles. The van der Waals surface area contributed by atoms with Crippen molar-refractivity contribution in [3.8, 4) is 0 Å². The van der Waals surface area contributed by atoms with E-state index in [9.17, 15) is 9.59 Å². The van der Waals surface area contributed by atoms with E-state index in [-0.39, 0.29) is 21.1 Å². The molecule has 0 aromatic carbocycles. The average Bonchev–Trinajstić information content (AvgIpc) is 2.45. The molecule has 0 atom stereocenters.